The van der Waals surface area contributed by atoms with Gasteiger partial charge >= 0.3 is 244 Å². The molecule has 0 saturated carbocycles. The van der Waals surface area contributed by atoms with E-state index in [4.69, 9.17) is 28.3 Å². The second-order valence-electron chi connectivity index (χ2n) is 8.96. The standard InChI is InChI=1S/C27H33B2O9PS/c1-3-4-15-33-20(16-34-25(31)18-11-7-5-8-12-18)21-23(38-28-29-39)22(24(27(40)37-21)35-17(2)30)36-26(32)19-13-9-6-10-14-19/h5-14,20-24,27,40H,3-4,15-16,39H2,1-2H3/t20-,21?,22?,23+,24+,27-/m0/s1. The van der Waals surface area contributed by atoms with E-state index in [0.29, 0.717) is 17.7 Å². The summed E-state index contributed by atoms with van der Waals surface area (Å²) < 4.78 is 35.3. The van der Waals surface area contributed by atoms with Gasteiger partial charge in [-0.3, -0.25) is 0 Å². The summed E-state index contributed by atoms with van der Waals surface area (Å²) in [5, 5.41) is 0. The second-order valence-corrected chi connectivity index (χ2v) is 9.85. The fraction of sp³-hybridized carbons (Fsp3) is 0.444. The average molecular weight is 586 g/mol. The van der Waals surface area contributed by atoms with Crippen molar-refractivity contribution in [2.75, 3.05) is 13.2 Å². The molecule has 1 aliphatic heterocycles. The third kappa shape index (κ3) is 9.26. The van der Waals surface area contributed by atoms with Gasteiger partial charge in [0, 0.05) is 0 Å². The summed E-state index contributed by atoms with van der Waals surface area (Å²) in [6, 6.07) is 17.0. The molecule has 1 fully saturated rings. The van der Waals surface area contributed by atoms with E-state index in [1.54, 1.807) is 67.2 Å². The maximum atomic E-state index is 13.1. The van der Waals surface area contributed by atoms with Crippen molar-refractivity contribution in [3.05, 3.63) is 71.8 Å². The Hall–Kier alpha value is -2.52. The average Bonchev–Trinajstić information content (AvgIpc) is 2.96. The first-order valence-electron chi connectivity index (χ1n) is 13.0. The van der Waals surface area contributed by atoms with E-state index in [1.165, 1.54) is 13.9 Å². The van der Waals surface area contributed by atoms with Crippen LogP contribution in [0.4, 0.5) is 0 Å². The topological polar surface area (TPSA) is 107 Å². The Kier molecular flexibility index (Phi) is 13.3. The summed E-state index contributed by atoms with van der Waals surface area (Å²) >= 11 is 4.53. The Balaban J connectivity index is 1.93. The van der Waals surface area contributed by atoms with Crippen LogP contribution in [0.2, 0.25) is 0 Å². The summed E-state index contributed by atoms with van der Waals surface area (Å²) in [6.45, 7) is 5.01. The predicted molar refractivity (Wildman–Crippen MR) is 156 cm³/mol. The monoisotopic (exact) mass is 586 g/mol. The molecule has 2 aromatic rings. The van der Waals surface area contributed by atoms with Gasteiger partial charge in [0.2, 0.25) is 0 Å². The molecule has 1 heterocycles. The number of esters is 3. The first kappa shape index (κ1) is 32.0. The van der Waals surface area contributed by atoms with E-state index in [1.807, 2.05) is 6.92 Å². The van der Waals surface area contributed by atoms with Crippen molar-refractivity contribution in [3.8, 4) is 0 Å². The molecule has 0 spiro atoms. The normalized spacial score (nSPS) is 22.9. The van der Waals surface area contributed by atoms with Crippen molar-refractivity contribution in [1.82, 2.24) is 0 Å². The summed E-state index contributed by atoms with van der Waals surface area (Å²) in [5.41, 5.74) is -0.324. The molecular weight excluding hydrogens is 553 g/mol. The zero-order valence-electron chi connectivity index (χ0n) is 22.4. The van der Waals surface area contributed by atoms with Crippen LogP contribution in [0.25, 0.3) is 0 Å². The van der Waals surface area contributed by atoms with Crippen LogP contribution in [0, 0.1) is 0 Å². The summed E-state index contributed by atoms with van der Waals surface area (Å²) in [4.78, 5) is 37.8. The third-order valence-corrected chi connectivity index (χ3v) is 6.58. The number of ether oxygens (including phenoxy) is 5. The van der Waals surface area contributed by atoms with Gasteiger partial charge in [-0.2, -0.15) is 0 Å². The Morgan fingerprint density at radius 1 is 0.950 bits per heavy atom. The number of carbonyl (C=O) groups excluding carboxylic acids is 3. The van der Waals surface area contributed by atoms with Crippen molar-refractivity contribution in [2.24, 2.45) is 0 Å². The molecule has 3 unspecified atom stereocenters. The molecule has 2 aromatic carbocycles. The van der Waals surface area contributed by atoms with Crippen molar-refractivity contribution >= 4 is 53.2 Å². The van der Waals surface area contributed by atoms with Crippen LogP contribution in [0.3, 0.4) is 0 Å². The number of hydrogen-bond acceptors (Lipinski definition) is 10. The molecule has 3 rings (SSSR count). The molecule has 0 aromatic heterocycles. The molecule has 0 bridgehead atoms. The molecular formula is C27H33B2O9PS. The zero-order valence-corrected chi connectivity index (χ0v) is 24.5. The van der Waals surface area contributed by atoms with Gasteiger partial charge in [-0.25, -0.2) is 0 Å². The number of benzene rings is 2. The van der Waals surface area contributed by atoms with Gasteiger partial charge in [-0.15, -0.1) is 0 Å². The van der Waals surface area contributed by atoms with Crippen LogP contribution in [-0.2, 0) is 33.1 Å². The summed E-state index contributed by atoms with van der Waals surface area (Å²) in [7, 11) is 3.78. The van der Waals surface area contributed by atoms with E-state index < -0.39 is 53.9 Å². The molecule has 40 heavy (non-hydrogen) atoms. The van der Waals surface area contributed by atoms with Gasteiger partial charge in [-0.1, -0.05) is 0 Å². The van der Waals surface area contributed by atoms with Gasteiger partial charge < -0.3 is 0 Å². The van der Waals surface area contributed by atoms with Crippen molar-refractivity contribution in [2.45, 2.75) is 62.6 Å². The maximum absolute atomic E-state index is 13.1. The zero-order chi connectivity index (χ0) is 28.9. The molecule has 0 N–H and O–H groups in total. The van der Waals surface area contributed by atoms with Crippen LogP contribution in [0.1, 0.15) is 47.4 Å². The minimum atomic E-state index is -1.14. The van der Waals surface area contributed by atoms with Crippen LogP contribution in [0.15, 0.2) is 60.7 Å². The van der Waals surface area contributed by atoms with E-state index in [0.717, 1.165) is 12.8 Å². The quantitative estimate of drug-likeness (QED) is 0.0946. The molecule has 13 heteroatoms. The van der Waals surface area contributed by atoms with Crippen molar-refractivity contribution < 1.29 is 42.7 Å². The van der Waals surface area contributed by atoms with Crippen molar-refractivity contribution in [3.63, 3.8) is 0 Å². The SMILES string of the molecule is CCCCO[C@@H](COC(=O)c1ccccc1)C1O[C@@H](S)[C@H](OC(C)=O)C(OC(=O)c2ccccc2)[C@@H]1OB=BP. The van der Waals surface area contributed by atoms with Crippen LogP contribution in [0.5, 0.6) is 0 Å². The fourth-order valence-corrected chi connectivity index (χ4v) is 4.55. The Labute approximate surface area is 243 Å². The summed E-state index contributed by atoms with van der Waals surface area (Å²) in [5.74, 6) is -1.79. The second kappa shape index (κ2) is 16.7. The molecule has 9 nitrogen and oxygen atoms in total. The number of hydrogen-bond donors (Lipinski definition) is 1. The Morgan fingerprint density at radius 3 is 2.15 bits per heavy atom. The number of thiol groups is 1. The molecule has 1 saturated heterocycles. The van der Waals surface area contributed by atoms with Gasteiger partial charge in [0.15, 0.2) is 0 Å². The fourth-order valence-electron chi connectivity index (χ4n) is 4.09. The Bertz CT molecular complexity index is 1130. The van der Waals surface area contributed by atoms with Crippen LogP contribution < -0.4 is 0 Å². The number of carbonyl (C=O) groups is 3. The Morgan fingerprint density at radius 2 is 1.57 bits per heavy atom. The van der Waals surface area contributed by atoms with E-state index in [-0.39, 0.29) is 6.61 Å². The number of unbranched alkanes of at least 4 members (excludes halogenated alkanes) is 1. The van der Waals surface area contributed by atoms with E-state index in [9.17, 15) is 14.4 Å². The number of rotatable bonds is 13. The van der Waals surface area contributed by atoms with E-state index in [2.05, 4.69) is 21.7 Å². The van der Waals surface area contributed by atoms with Gasteiger partial charge in [0.05, 0.1) is 0 Å². The summed E-state index contributed by atoms with van der Waals surface area (Å²) in [6.07, 6.45) is -3.38. The minimum absolute atomic E-state index is 0.176. The van der Waals surface area contributed by atoms with Crippen LogP contribution in [-0.4, -0.2) is 80.6 Å². The van der Waals surface area contributed by atoms with Gasteiger partial charge in [-0.05, 0) is 0 Å². The van der Waals surface area contributed by atoms with E-state index >= 15 is 0 Å². The first-order valence-corrected chi connectivity index (χ1v) is 14.2. The molecule has 0 amide bonds. The van der Waals surface area contributed by atoms with Crippen molar-refractivity contribution in [1.29, 1.82) is 0 Å². The van der Waals surface area contributed by atoms with Gasteiger partial charge in [0.25, 0.3) is 0 Å². The molecule has 212 valence electrons. The van der Waals surface area contributed by atoms with Crippen LogP contribution >= 0.6 is 21.7 Å². The van der Waals surface area contributed by atoms with Gasteiger partial charge in [0.1, 0.15) is 0 Å². The first-order chi connectivity index (χ1) is 19.3. The third-order valence-electron chi connectivity index (χ3n) is 6.00. The molecule has 0 radical (unpaired) electrons. The predicted octanol–water partition coefficient (Wildman–Crippen LogP) is 3.25. The molecule has 1 aliphatic rings. The molecule has 7 atom stereocenters. The molecule has 0 aliphatic carbocycles.